The first kappa shape index (κ1) is 16.4. The van der Waals surface area contributed by atoms with Gasteiger partial charge in [0.05, 0.1) is 10.1 Å². The molecule has 22 heavy (non-hydrogen) atoms. The molecular weight excluding hydrogens is 328 g/mol. The van der Waals surface area contributed by atoms with Gasteiger partial charge in [-0.05, 0) is 41.6 Å². The van der Waals surface area contributed by atoms with Crippen LogP contribution < -0.4 is 10.5 Å². The van der Waals surface area contributed by atoms with Crippen LogP contribution in [0, 0.1) is 0 Å². The molecule has 2 aromatic rings. The minimum Gasteiger partial charge on any atom is -0.325 e. The number of primary sulfonamides is 1. The highest BCUT2D eigenvalue weighted by Gasteiger charge is 2.18. The Hall–Kier alpha value is -1.98. The smallest absolute Gasteiger partial charge is 0.238 e. The zero-order chi connectivity index (χ0) is 16.3. The average molecular weight is 342 g/mol. The minimum absolute atomic E-state index is 0.0157. The highest BCUT2D eigenvalue weighted by atomic mass is 32.2. The summed E-state index contributed by atoms with van der Waals surface area (Å²) in [7, 11) is -2.07. The Morgan fingerprint density at radius 1 is 1.36 bits per heavy atom. The number of aryl methyl sites for hydroxylation is 1. The predicted octanol–water partition coefficient (Wildman–Crippen LogP) is -0.0232. The summed E-state index contributed by atoms with van der Waals surface area (Å²) in [6.45, 7) is 1.72. The van der Waals surface area contributed by atoms with Crippen LogP contribution in [0.2, 0.25) is 0 Å². The second kappa shape index (κ2) is 6.42. The molecule has 3 N–H and O–H groups in total. The minimum atomic E-state index is -3.75. The molecule has 0 fully saturated rings. The highest BCUT2D eigenvalue weighted by Crippen LogP contribution is 2.21. The lowest BCUT2D eigenvalue weighted by Crippen LogP contribution is -2.23. The summed E-state index contributed by atoms with van der Waals surface area (Å²) in [6.07, 6.45) is 0. The van der Waals surface area contributed by atoms with Crippen molar-refractivity contribution in [2.75, 3.05) is 5.32 Å². The van der Waals surface area contributed by atoms with E-state index in [1.807, 2.05) is 0 Å². The molecule has 11 heteroatoms. The van der Waals surface area contributed by atoms with Crippen LogP contribution in [0.5, 0.6) is 0 Å². The molecule has 0 saturated carbocycles. The summed E-state index contributed by atoms with van der Waals surface area (Å²) < 4.78 is 23.8. The lowest BCUT2D eigenvalue weighted by molar-refractivity contribution is -0.115. The summed E-state index contributed by atoms with van der Waals surface area (Å²) in [5, 5.41) is 18.7. The van der Waals surface area contributed by atoms with E-state index in [-0.39, 0.29) is 10.8 Å². The maximum absolute atomic E-state index is 12.1. The number of nitrogens with one attached hydrogen (secondary N) is 1. The van der Waals surface area contributed by atoms with Crippen LogP contribution in [0.1, 0.15) is 6.92 Å². The maximum Gasteiger partial charge on any atom is 0.238 e. The van der Waals surface area contributed by atoms with Gasteiger partial charge in [0, 0.05) is 12.7 Å². The average Bonchev–Trinajstić information content (AvgIpc) is 2.84. The second-order valence-corrected chi connectivity index (χ2v) is 7.27. The number of rotatable bonds is 5. The molecule has 118 valence electrons. The SMILES string of the molecule is CC(Sc1nnnn1C)C(=O)Nc1ccc(S(N)(=O)=O)cc1. The third-order valence-corrected chi connectivity index (χ3v) is 4.74. The molecule has 0 spiro atoms. The van der Waals surface area contributed by atoms with Gasteiger partial charge in [0.1, 0.15) is 0 Å². The van der Waals surface area contributed by atoms with Gasteiger partial charge in [-0.3, -0.25) is 4.79 Å². The first-order valence-corrected chi connectivity index (χ1v) is 8.52. The molecule has 1 aromatic carbocycles. The van der Waals surface area contributed by atoms with Crippen LogP contribution in [0.3, 0.4) is 0 Å². The van der Waals surface area contributed by atoms with Crippen LogP contribution >= 0.6 is 11.8 Å². The number of hydrogen-bond acceptors (Lipinski definition) is 7. The zero-order valence-electron chi connectivity index (χ0n) is 11.8. The van der Waals surface area contributed by atoms with E-state index in [2.05, 4.69) is 20.8 Å². The standard InChI is InChI=1S/C11H14N6O3S2/c1-7(21-11-14-15-16-17(11)2)10(18)13-8-3-5-9(6-4-8)22(12,19)20/h3-7H,1-2H3,(H,13,18)(H2,12,19,20). The number of carbonyl (C=O) groups excluding carboxylic acids is 1. The third-order valence-electron chi connectivity index (χ3n) is 2.68. The summed E-state index contributed by atoms with van der Waals surface area (Å²) in [6, 6.07) is 5.60. The van der Waals surface area contributed by atoms with Crippen molar-refractivity contribution in [2.45, 2.75) is 22.2 Å². The number of hydrogen-bond donors (Lipinski definition) is 2. The van der Waals surface area contributed by atoms with E-state index in [4.69, 9.17) is 5.14 Å². The molecule has 1 unspecified atom stereocenters. The van der Waals surface area contributed by atoms with Gasteiger partial charge >= 0.3 is 0 Å². The molecule has 0 aliphatic rings. The number of sulfonamides is 1. The molecule has 1 amide bonds. The first-order valence-electron chi connectivity index (χ1n) is 6.10. The van der Waals surface area contributed by atoms with Gasteiger partial charge in [-0.15, -0.1) is 5.10 Å². The molecule has 1 aromatic heterocycles. The van der Waals surface area contributed by atoms with Crippen molar-refractivity contribution in [2.24, 2.45) is 12.2 Å². The molecule has 1 heterocycles. The number of tetrazole rings is 1. The number of nitrogens with two attached hydrogens (primary N) is 1. The fraction of sp³-hybridized carbons (Fsp3) is 0.273. The molecular formula is C11H14N6O3S2. The summed E-state index contributed by atoms with van der Waals surface area (Å²) in [5.41, 5.74) is 0.473. The van der Waals surface area contributed by atoms with Gasteiger partial charge in [-0.2, -0.15) is 0 Å². The van der Waals surface area contributed by atoms with E-state index in [0.717, 1.165) is 0 Å². The molecule has 0 bridgehead atoms. The first-order chi connectivity index (χ1) is 10.3. The number of anilines is 1. The Morgan fingerprint density at radius 2 is 2.00 bits per heavy atom. The lowest BCUT2D eigenvalue weighted by Gasteiger charge is -2.11. The molecule has 2 rings (SSSR count). The highest BCUT2D eigenvalue weighted by molar-refractivity contribution is 8.00. The van der Waals surface area contributed by atoms with Gasteiger partial charge in [-0.25, -0.2) is 18.2 Å². The van der Waals surface area contributed by atoms with E-state index in [1.165, 1.54) is 40.7 Å². The predicted molar refractivity (Wildman–Crippen MR) is 80.6 cm³/mol. The number of thioether (sulfide) groups is 1. The topological polar surface area (TPSA) is 133 Å². The van der Waals surface area contributed by atoms with Crippen molar-refractivity contribution in [1.82, 2.24) is 20.2 Å². The Labute approximate surface area is 131 Å². The fourth-order valence-electron chi connectivity index (χ4n) is 1.50. The van der Waals surface area contributed by atoms with E-state index < -0.39 is 15.3 Å². The van der Waals surface area contributed by atoms with Gasteiger partial charge in [0.2, 0.25) is 21.1 Å². The van der Waals surface area contributed by atoms with E-state index in [0.29, 0.717) is 10.8 Å². The number of carbonyl (C=O) groups is 1. The maximum atomic E-state index is 12.1. The normalized spacial score (nSPS) is 12.9. The van der Waals surface area contributed by atoms with Crippen molar-refractivity contribution < 1.29 is 13.2 Å². The molecule has 0 saturated heterocycles. The Morgan fingerprint density at radius 3 is 2.50 bits per heavy atom. The molecule has 0 aliphatic carbocycles. The van der Waals surface area contributed by atoms with Crippen molar-refractivity contribution >= 4 is 33.4 Å². The molecule has 0 radical (unpaired) electrons. The monoisotopic (exact) mass is 342 g/mol. The van der Waals surface area contributed by atoms with Crippen molar-refractivity contribution in [3.05, 3.63) is 24.3 Å². The van der Waals surface area contributed by atoms with Crippen LogP contribution in [-0.2, 0) is 21.9 Å². The Bertz CT molecular complexity index is 771. The quantitative estimate of drug-likeness (QED) is 0.729. The van der Waals surface area contributed by atoms with Crippen LogP contribution in [0.25, 0.3) is 0 Å². The largest absolute Gasteiger partial charge is 0.325 e. The summed E-state index contributed by atoms with van der Waals surface area (Å²) in [4.78, 5) is 12.1. The Balaban J connectivity index is 2.01. The second-order valence-electron chi connectivity index (χ2n) is 4.40. The zero-order valence-corrected chi connectivity index (χ0v) is 13.4. The van der Waals surface area contributed by atoms with Crippen molar-refractivity contribution in [1.29, 1.82) is 0 Å². The van der Waals surface area contributed by atoms with Gasteiger partial charge in [-0.1, -0.05) is 11.8 Å². The van der Waals surface area contributed by atoms with Crippen LogP contribution in [0.15, 0.2) is 34.3 Å². The summed E-state index contributed by atoms with van der Waals surface area (Å²) in [5.74, 6) is -0.253. The van der Waals surface area contributed by atoms with Crippen molar-refractivity contribution in [3.63, 3.8) is 0 Å². The molecule has 9 nitrogen and oxygen atoms in total. The Kier molecular flexibility index (Phi) is 4.78. The van der Waals surface area contributed by atoms with Gasteiger partial charge < -0.3 is 5.32 Å². The van der Waals surface area contributed by atoms with Crippen LogP contribution in [-0.4, -0.2) is 39.8 Å². The van der Waals surface area contributed by atoms with E-state index in [9.17, 15) is 13.2 Å². The lowest BCUT2D eigenvalue weighted by atomic mass is 10.3. The van der Waals surface area contributed by atoms with E-state index in [1.54, 1.807) is 14.0 Å². The number of benzene rings is 1. The summed E-state index contributed by atoms with van der Waals surface area (Å²) >= 11 is 1.21. The van der Waals surface area contributed by atoms with E-state index >= 15 is 0 Å². The van der Waals surface area contributed by atoms with Gasteiger partial charge in [0.25, 0.3) is 0 Å². The van der Waals surface area contributed by atoms with Crippen LogP contribution in [0.4, 0.5) is 5.69 Å². The number of nitrogens with zero attached hydrogens (tertiary/aromatic N) is 4. The fourth-order valence-corrected chi connectivity index (χ4v) is 2.77. The van der Waals surface area contributed by atoms with Gasteiger partial charge in [0.15, 0.2) is 0 Å². The van der Waals surface area contributed by atoms with Crippen molar-refractivity contribution in [3.8, 4) is 0 Å². The number of amides is 1. The third kappa shape index (κ3) is 4.02. The molecule has 0 aliphatic heterocycles. The number of aromatic nitrogens is 4. The molecule has 1 atom stereocenters.